The Kier molecular flexibility index (Phi) is 7.45. The van der Waals surface area contributed by atoms with E-state index in [9.17, 15) is 13.2 Å². The number of hydrogen-bond donors (Lipinski definition) is 1. The van der Waals surface area contributed by atoms with Crippen molar-refractivity contribution in [2.75, 3.05) is 19.5 Å². The number of carbonyl (C=O) groups is 1. The number of sulfone groups is 1. The molecule has 6 heteroatoms. The van der Waals surface area contributed by atoms with Crippen LogP contribution in [0, 0.1) is 5.92 Å². The third kappa shape index (κ3) is 5.90. The number of hydrogen-bond acceptors (Lipinski definition) is 4. The van der Waals surface area contributed by atoms with Crippen LogP contribution in [0.3, 0.4) is 0 Å². The van der Waals surface area contributed by atoms with Crippen LogP contribution in [0.4, 0.5) is 0 Å². The second-order valence-electron chi connectivity index (χ2n) is 7.65. The molecule has 3 rings (SSSR count). The molecular weight excluding hydrogens is 386 g/mol. The van der Waals surface area contributed by atoms with Gasteiger partial charge in [0.2, 0.25) is 0 Å². The van der Waals surface area contributed by atoms with E-state index in [1.807, 2.05) is 18.2 Å². The van der Waals surface area contributed by atoms with Gasteiger partial charge in [0.1, 0.15) is 0 Å². The van der Waals surface area contributed by atoms with Crippen molar-refractivity contribution in [1.82, 2.24) is 5.32 Å². The van der Waals surface area contributed by atoms with Gasteiger partial charge in [-0.05, 0) is 55.0 Å². The van der Waals surface area contributed by atoms with Crippen molar-refractivity contribution in [3.63, 3.8) is 0 Å². The Labute approximate surface area is 173 Å². The van der Waals surface area contributed by atoms with Crippen molar-refractivity contribution in [2.45, 2.75) is 43.0 Å². The van der Waals surface area contributed by atoms with Crippen LogP contribution in [0.1, 0.15) is 41.6 Å². The maximum atomic E-state index is 12.8. The summed E-state index contributed by atoms with van der Waals surface area (Å²) in [5, 5.41) is 3.19. The first kappa shape index (κ1) is 21.5. The summed E-state index contributed by atoms with van der Waals surface area (Å²) in [4.78, 5) is 13.0. The van der Waals surface area contributed by atoms with Gasteiger partial charge in [-0.2, -0.15) is 0 Å². The zero-order valence-electron chi connectivity index (χ0n) is 16.8. The van der Waals surface area contributed by atoms with Crippen molar-refractivity contribution in [3.8, 4) is 0 Å². The molecule has 1 aliphatic carbocycles. The molecule has 2 aromatic carbocycles. The fourth-order valence-corrected chi connectivity index (χ4v) is 5.11. The topological polar surface area (TPSA) is 72.5 Å². The lowest BCUT2D eigenvalue weighted by atomic mass is 9.80. The van der Waals surface area contributed by atoms with Gasteiger partial charge in [0.15, 0.2) is 9.84 Å². The third-order valence-corrected chi connectivity index (χ3v) is 7.29. The first-order valence-corrected chi connectivity index (χ1v) is 11.8. The van der Waals surface area contributed by atoms with E-state index in [1.165, 1.54) is 31.2 Å². The van der Waals surface area contributed by atoms with Gasteiger partial charge in [0.05, 0.1) is 17.3 Å². The summed E-state index contributed by atoms with van der Waals surface area (Å²) < 4.78 is 29.3. The van der Waals surface area contributed by atoms with Crippen LogP contribution in [-0.2, 0) is 21.0 Å². The fraction of sp³-hybridized carbons (Fsp3) is 0.435. The molecule has 0 aliphatic heterocycles. The van der Waals surface area contributed by atoms with Gasteiger partial charge in [-0.3, -0.25) is 4.79 Å². The molecule has 2 unspecified atom stereocenters. The van der Waals surface area contributed by atoms with Gasteiger partial charge < -0.3 is 10.1 Å². The average Bonchev–Trinajstić information content (AvgIpc) is 2.74. The van der Waals surface area contributed by atoms with Gasteiger partial charge in [0, 0.05) is 18.7 Å². The predicted molar refractivity (Wildman–Crippen MR) is 114 cm³/mol. The summed E-state index contributed by atoms with van der Waals surface area (Å²) >= 11 is 0. The van der Waals surface area contributed by atoms with E-state index in [1.54, 1.807) is 12.1 Å². The Morgan fingerprint density at radius 1 is 1.03 bits per heavy atom. The molecule has 29 heavy (non-hydrogen) atoms. The summed E-state index contributed by atoms with van der Waals surface area (Å²) in [6.07, 6.45) is 5.36. The first-order valence-electron chi connectivity index (χ1n) is 10.2. The second kappa shape index (κ2) is 10.0. The smallest absolute Gasteiger partial charge is 0.251 e. The fourth-order valence-electron chi connectivity index (χ4n) is 3.94. The quantitative estimate of drug-likeness (QED) is 0.714. The third-order valence-electron chi connectivity index (χ3n) is 5.60. The summed E-state index contributed by atoms with van der Waals surface area (Å²) in [6.45, 7) is 0.148. The molecule has 156 valence electrons. The zero-order chi connectivity index (χ0) is 20.7. The van der Waals surface area contributed by atoms with E-state index in [0.717, 1.165) is 25.7 Å². The molecule has 1 aliphatic rings. The lowest BCUT2D eigenvalue weighted by Gasteiger charge is -2.32. The minimum absolute atomic E-state index is 0.0711. The van der Waals surface area contributed by atoms with Crippen LogP contribution < -0.4 is 5.32 Å². The molecule has 0 aromatic heterocycles. The second-order valence-corrected chi connectivity index (χ2v) is 9.76. The minimum atomic E-state index is -3.39. The minimum Gasteiger partial charge on any atom is -0.384 e. The number of methoxy groups -OCH3 is 1. The highest BCUT2D eigenvalue weighted by Gasteiger charge is 2.27. The highest BCUT2D eigenvalue weighted by atomic mass is 32.2. The van der Waals surface area contributed by atoms with Gasteiger partial charge in [-0.15, -0.1) is 0 Å². The van der Waals surface area contributed by atoms with Crippen LogP contribution >= 0.6 is 0 Å². The molecule has 0 radical (unpaired) electrons. The van der Waals surface area contributed by atoms with Crippen LogP contribution in [0.2, 0.25) is 0 Å². The monoisotopic (exact) mass is 415 g/mol. The average molecular weight is 416 g/mol. The van der Waals surface area contributed by atoms with Crippen molar-refractivity contribution in [2.24, 2.45) is 5.92 Å². The number of benzene rings is 2. The molecule has 2 atom stereocenters. The van der Waals surface area contributed by atoms with E-state index in [-0.39, 0.29) is 29.2 Å². The van der Waals surface area contributed by atoms with Crippen LogP contribution in [0.15, 0.2) is 59.5 Å². The molecule has 1 fully saturated rings. The van der Waals surface area contributed by atoms with E-state index >= 15 is 0 Å². The summed E-state index contributed by atoms with van der Waals surface area (Å²) in [7, 11) is -1.92. The zero-order valence-corrected chi connectivity index (χ0v) is 17.7. The van der Waals surface area contributed by atoms with Gasteiger partial charge >= 0.3 is 0 Å². The normalized spacial score (nSPS) is 19.6. The Bertz CT molecular complexity index is 894. The maximum absolute atomic E-state index is 12.8. The molecule has 1 saturated carbocycles. The van der Waals surface area contributed by atoms with Gasteiger partial charge in [-0.25, -0.2) is 8.42 Å². The Morgan fingerprint density at radius 3 is 2.41 bits per heavy atom. The maximum Gasteiger partial charge on any atom is 0.251 e. The molecule has 0 spiro atoms. The Hall–Kier alpha value is -2.18. The van der Waals surface area contributed by atoms with E-state index in [0.29, 0.717) is 11.5 Å². The summed E-state index contributed by atoms with van der Waals surface area (Å²) in [5.74, 6) is 0.206. The van der Waals surface area contributed by atoms with Crippen LogP contribution in [-0.4, -0.2) is 39.8 Å². The number of amides is 1. The molecular formula is C23H29NO4S. The van der Waals surface area contributed by atoms with E-state index in [4.69, 9.17) is 4.74 Å². The van der Waals surface area contributed by atoms with Crippen LogP contribution in [0.5, 0.6) is 0 Å². The SMILES string of the molecule is COCCS(=O)(=O)c1ccc(C(=O)NC2CCCCC2Cc2ccccc2)cc1. The van der Waals surface area contributed by atoms with Crippen molar-refractivity contribution in [3.05, 3.63) is 65.7 Å². The Morgan fingerprint density at radius 2 is 1.72 bits per heavy atom. The molecule has 0 saturated heterocycles. The summed E-state index contributed by atoms with van der Waals surface area (Å²) in [6, 6.07) is 16.7. The lowest BCUT2D eigenvalue weighted by Crippen LogP contribution is -2.42. The predicted octanol–water partition coefficient (Wildman–Crippen LogP) is 3.64. The molecule has 0 bridgehead atoms. The number of ether oxygens (including phenoxy) is 1. The van der Waals surface area contributed by atoms with E-state index in [2.05, 4.69) is 17.4 Å². The molecule has 1 amide bonds. The number of carbonyl (C=O) groups excluding carboxylic acids is 1. The largest absolute Gasteiger partial charge is 0.384 e. The van der Waals surface area contributed by atoms with Crippen molar-refractivity contribution >= 4 is 15.7 Å². The molecule has 5 nitrogen and oxygen atoms in total. The molecule has 1 N–H and O–H groups in total. The highest BCUT2D eigenvalue weighted by molar-refractivity contribution is 7.91. The molecule has 0 heterocycles. The first-order chi connectivity index (χ1) is 14.0. The van der Waals surface area contributed by atoms with Crippen molar-refractivity contribution < 1.29 is 17.9 Å². The van der Waals surface area contributed by atoms with Gasteiger partial charge in [-0.1, -0.05) is 43.2 Å². The van der Waals surface area contributed by atoms with Crippen molar-refractivity contribution in [1.29, 1.82) is 0 Å². The number of nitrogens with one attached hydrogen (secondary N) is 1. The van der Waals surface area contributed by atoms with Crippen LogP contribution in [0.25, 0.3) is 0 Å². The highest BCUT2D eigenvalue weighted by Crippen LogP contribution is 2.28. The number of rotatable bonds is 8. The van der Waals surface area contributed by atoms with Gasteiger partial charge in [0.25, 0.3) is 5.91 Å². The Balaban J connectivity index is 1.65. The lowest BCUT2D eigenvalue weighted by molar-refractivity contribution is 0.0905. The summed E-state index contributed by atoms with van der Waals surface area (Å²) in [5.41, 5.74) is 1.78. The standard InChI is InChI=1S/C23H29NO4S/c1-28-15-16-29(26,27)21-13-11-19(12-14-21)23(25)24-22-10-6-5-9-20(22)17-18-7-3-2-4-8-18/h2-4,7-8,11-14,20,22H,5-6,9-10,15-17H2,1H3,(H,24,25). The van der Waals surface area contributed by atoms with E-state index < -0.39 is 9.84 Å². The molecule has 2 aromatic rings.